The molecule has 0 aliphatic heterocycles. The first-order valence-electron chi connectivity index (χ1n) is 7.26. The Bertz CT molecular complexity index is 1080. The second kappa shape index (κ2) is 5.78. The zero-order valence-corrected chi connectivity index (χ0v) is 13.3. The van der Waals surface area contributed by atoms with Crippen molar-refractivity contribution in [2.75, 3.05) is 5.73 Å². The van der Waals surface area contributed by atoms with Crippen LogP contribution in [-0.4, -0.2) is 22.1 Å². The summed E-state index contributed by atoms with van der Waals surface area (Å²) >= 11 is 1.35. The van der Waals surface area contributed by atoms with Gasteiger partial charge in [-0.3, -0.25) is 4.79 Å². The first kappa shape index (κ1) is 14.4. The number of nitrogens with one attached hydrogen (secondary N) is 2. The van der Waals surface area contributed by atoms with E-state index in [1.807, 2.05) is 30.5 Å². The van der Waals surface area contributed by atoms with Gasteiger partial charge in [-0.25, -0.2) is 10.4 Å². The van der Waals surface area contributed by atoms with Crippen LogP contribution in [0.3, 0.4) is 0 Å². The van der Waals surface area contributed by atoms with Crippen LogP contribution in [0.25, 0.3) is 21.1 Å². The molecule has 0 radical (unpaired) electrons. The third kappa shape index (κ3) is 2.61. The average molecular weight is 335 g/mol. The first-order chi connectivity index (χ1) is 11.7. The number of carbonyl (C=O) groups is 1. The Kier molecular flexibility index (Phi) is 3.47. The molecule has 0 fully saturated rings. The van der Waals surface area contributed by atoms with Gasteiger partial charge in [0.2, 0.25) is 0 Å². The van der Waals surface area contributed by atoms with E-state index in [0.717, 1.165) is 26.7 Å². The van der Waals surface area contributed by atoms with Crippen LogP contribution < -0.4 is 11.2 Å². The maximum atomic E-state index is 12.2. The molecule has 6 nitrogen and oxygen atoms in total. The van der Waals surface area contributed by atoms with Crippen LogP contribution in [0, 0.1) is 0 Å². The molecule has 24 heavy (non-hydrogen) atoms. The lowest BCUT2D eigenvalue weighted by Gasteiger charge is -1.99. The van der Waals surface area contributed by atoms with Crippen LogP contribution in [0.15, 0.2) is 53.8 Å². The number of aromatic nitrogens is 2. The second-order valence-electron chi connectivity index (χ2n) is 5.22. The molecule has 0 saturated carbocycles. The third-order valence-corrected chi connectivity index (χ3v) is 4.51. The van der Waals surface area contributed by atoms with Crippen LogP contribution in [0.1, 0.15) is 15.9 Å². The van der Waals surface area contributed by atoms with Gasteiger partial charge in [-0.1, -0.05) is 29.5 Å². The molecule has 4 rings (SSSR count). The van der Waals surface area contributed by atoms with Crippen molar-refractivity contribution in [3.8, 4) is 0 Å². The molecular formula is C17H13N5OS. The van der Waals surface area contributed by atoms with E-state index in [4.69, 9.17) is 5.73 Å². The lowest BCUT2D eigenvalue weighted by Crippen LogP contribution is -2.17. The number of aromatic amines is 1. The maximum Gasteiger partial charge on any atom is 0.271 e. The van der Waals surface area contributed by atoms with Crippen molar-refractivity contribution in [1.29, 1.82) is 0 Å². The number of nitrogens with zero attached hydrogens (tertiary/aromatic N) is 2. The molecule has 0 aliphatic carbocycles. The van der Waals surface area contributed by atoms with E-state index in [1.165, 1.54) is 11.3 Å². The van der Waals surface area contributed by atoms with E-state index in [1.54, 1.807) is 24.4 Å². The highest BCUT2D eigenvalue weighted by Crippen LogP contribution is 2.24. The van der Waals surface area contributed by atoms with Crippen LogP contribution in [0.2, 0.25) is 0 Å². The Balaban J connectivity index is 1.52. The summed E-state index contributed by atoms with van der Waals surface area (Å²) in [7, 11) is 0. The topological polar surface area (TPSA) is 96.2 Å². The molecule has 1 amide bonds. The lowest BCUT2D eigenvalue weighted by molar-refractivity contribution is 0.0955. The molecule has 0 saturated heterocycles. The number of anilines is 1. The minimum atomic E-state index is -0.278. The molecule has 0 unspecified atom stereocenters. The van der Waals surface area contributed by atoms with Gasteiger partial charge >= 0.3 is 0 Å². The summed E-state index contributed by atoms with van der Waals surface area (Å²) < 4.78 is 0.876. The van der Waals surface area contributed by atoms with Gasteiger partial charge in [0.05, 0.1) is 16.4 Å². The smallest absolute Gasteiger partial charge is 0.271 e. The number of amides is 1. The number of thiazole rings is 1. The van der Waals surface area contributed by atoms with E-state index < -0.39 is 0 Å². The van der Waals surface area contributed by atoms with Crippen LogP contribution in [-0.2, 0) is 0 Å². The Morgan fingerprint density at radius 3 is 3.08 bits per heavy atom. The van der Waals surface area contributed by atoms with Gasteiger partial charge in [0.25, 0.3) is 5.91 Å². The summed E-state index contributed by atoms with van der Waals surface area (Å²) in [6.07, 6.45) is 3.48. The van der Waals surface area contributed by atoms with Gasteiger partial charge in [-0.15, -0.1) is 0 Å². The van der Waals surface area contributed by atoms with Gasteiger partial charge in [-0.2, -0.15) is 5.10 Å². The minimum Gasteiger partial charge on any atom is -0.375 e. The lowest BCUT2D eigenvalue weighted by atomic mass is 10.2. The number of benzene rings is 2. The summed E-state index contributed by atoms with van der Waals surface area (Å²) in [4.78, 5) is 19.5. The van der Waals surface area contributed by atoms with Crippen molar-refractivity contribution < 1.29 is 4.79 Å². The van der Waals surface area contributed by atoms with Gasteiger partial charge in [0.15, 0.2) is 5.13 Å². The second-order valence-corrected chi connectivity index (χ2v) is 6.29. The molecule has 2 heterocycles. The number of nitrogens with two attached hydrogens (primary N) is 1. The molecule has 0 bridgehead atoms. The monoisotopic (exact) mass is 335 g/mol. The van der Waals surface area contributed by atoms with Crippen molar-refractivity contribution in [2.45, 2.75) is 0 Å². The SMILES string of the molecule is Nc1nc2ccc(C(=O)N/N=C\c3c[nH]c4ccccc34)cc2s1. The average Bonchev–Trinajstić information content (AvgIpc) is 3.16. The largest absolute Gasteiger partial charge is 0.375 e. The summed E-state index contributed by atoms with van der Waals surface area (Å²) in [5.41, 5.74) is 11.5. The number of rotatable bonds is 3. The number of hydrazone groups is 1. The van der Waals surface area contributed by atoms with Gasteiger partial charge in [-0.05, 0) is 24.3 Å². The highest BCUT2D eigenvalue weighted by Gasteiger charge is 2.08. The summed E-state index contributed by atoms with van der Waals surface area (Å²) in [5, 5.41) is 5.58. The number of hydrogen-bond donors (Lipinski definition) is 3. The molecule has 2 aromatic carbocycles. The normalized spacial score (nSPS) is 11.5. The quantitative estimate of drug-likeness (QED) is 0.396. The fraction of sp³-hybridized carbons (Fsp3) is 0. The zero-order valence-electron chi connectivity index (χ0n) is 12.5. The Morgan fingerprint density at radius 2 is 2.17 bits per heavy atom. The van der Waals surface area contributed by atoms with E-state index >= 15 is 0 Å². The molecule has 0 spiro atoms. The Morgan fingerprint density at radius 1 is 1.29 bits per heavy atom. The highest BCUT2D eigenvalue weighted by atomic mass is 32.1. The van der Waals surface area contributed by atoms with E-state index in [-0.39, 0.29) is 5.91 Å². The van der Waals surface area contributed by atoms with E-state index in [9.17, 15) is 4.79 Å². The fourth-order valence-corrected chi connectivity index (χ4v) is 3.28. The van der Waals surface area contributed by atoms with Crippen molar-refractivity contribution in [3.63, 3.8) is 0 Å². The Hall–Kier alpha value is -3.19. The minimum absolute atomic E-state index is 0.278. The Labute approximate surface area is 141 Å². The van der Waals surface area contributed by atoms with Gasteiger partial charge in [0.1, 0.15) is 0 Å². The summed E-state index contributed by atoms with van der Waals surface area (Å²) in [5.74, 6) is -0.278. The number of H-pyrrole nitrogens is 1. The molecule has 2 aromatic heterocycles. The highest BCUT2D eigenvalue weighted by molar-refractivity contribution is 7.22. The number of para-hydroxylation sites is 1. The first-order valence-corrected chi connectivity index (χ1v) is 8.08. The van der Waals surface area contributed by atoms with Crippen molar-refractivity contribution in [1.82, 2.24) is 15.4 Å². The fourth-order valence-electron chi connectivity index (χ4n) is 2.51. The summed E-state index contributed by atoms with van der Waals surface area (Å²) in [6.45, 7) is 0. The molecular weight excluding hydrogens is 322 g/mol. The molecule has 4 aromatic rings. The predicted octanol–water partition coefficient (Wildman–Crippen LogP) is 3.12. The standard InChI is InChI=1S/C17H13N5OS/c18-17-21-14-6-5-10(7-15(14)24-17)16(23)22-20-9-11-8-19-13-4-2-1-3-12(11)13/h1-9,19H,(H2,18,21)(H,22,23)/b20-9-. The predicted molar refractivity (Wildman–Crippen MR) is 97.4 cm³/mol. The van der Waals surface area contributed by atoms with Gasteiger partial charge < -0.3 is 10.7 Å². The maximum absolute atomic E-state index is 12.2. The van der Waals surface area contributed by atoms with Gasteiger partial charge in [0, 0.05) is 28.2 Å². The van der Waals surface area contributed by atoms with Crippen LogP contribution in [0.5, 0.6) is 0 Å². The molecule has 7 heteroatoms. The van der Waals surface area contributed by atoms with Crippen LogP contribution >= 0.6 is 11.3 Å². The van der Waals surface area contributed by atoms with Crippen LogP contribution in [0.4, 0.5) is 5.13 Å². The number of hydrogen-bond acceptors (Lipinski definition) is 5. The zero-order chi connectivity index (χ0) is 16.5. The van der Waals surface area contributed by atoms with E-state index in [2.05, 4.69) is 20.5 Å². The number of nitrogen functional groups attached to an aromatic ring is 1. The molecule has 0 aliphatic rings. The van der Waals surface area contributed by atoms with Crippen molar-refractivity contribution in [3.05, 3.63) is 59.8 Å². The number of carbonyl (C=O) groups excluding carboxylic acids is 1. The van der Waals surface area contributed by atoms with Crippen molar-refractivity contribution in [2.24, 2.45) is 5.10 Å². The van der Waals surface area contributed by atoms with Crippen molar-refractivity contribution >= 4 is 49.7 Å². The third-order valence-electron chi connectivity index (χ3n) is 3.66. The number of fused-ring (bicyclic) bond motifs is 2. The van der Waals surface area contributed by atoms with E-state index in [0.29, 0.717) is 10.7 Å². The molecule has 0 atom stereocenters. The molecule has 4 N–H and O–H groups in total. The molecule has 118 valence electrons. The summed E-state index contributed by atoms with van der Waals surface area (Å²) in [6, 6.07) is 13.2.